The van der Waals surface area contributed by atoms with E-state index in [9.17, 15) is 34.8 Å². The summed E-state index contributed by atoms with van der Waals surface area (Å²) < 4.78 is 5.39. The zero-order valence-electron chi connectivity index (χ0n) is 21.4. The molecule has 11 heteroatoms. The van der Waals surface area contributed by atoms with Crippen LogP contribution in [-0.4, -0.2) is 53.6 Å². The number of carbonyl (C=O) groups excluding carboxylic acids is 3. The van der Waals surface area contributed by atoms with Gasteiger partial charge in [0.05, 0.1) is 11.1 Å². The first-order chi connectivity index (χ1) is 17.8. The number of aromatic hydroxyl groups is 1. The van der Waals surface area contributed by atoms with E-state index in [-0.39, 0.29) is 59.4 Å². The number of amides is 1. The van der Waals surface area contributed by atoms with E-state index in [4.69, 9.17) is 10.3 Å². The van der Waals surface area contributed by atoms with Crippen LogP contribution in [0, 0.1) is 11.8 Å². The number of fused-ring (bicyclic) bond motifs is 3. The number of ketones is 2. The van der Waals surface area contributed by atoms with Crippen molar-refractivity contribution in [2.75, 3.05) is 0 Å². The van der Waals surface area contributed by atoms with E-state index in [2.05, 4.69) is 10.1 Å². The van der Waals surface area contributed by atoms with Crippen molar-refractivity contribution in [2.45, 2.75) is 64.4 Å². The van der Waals surface area contributed by atoms with Crippen molar-refractivity contribution in [3.63, 3.8) is 0 Å². The minimum atomic E-state index is -2.61. The van der Waals surface area contributed by atoms with Gasteiger partial charge < -0.3 is 30.7 Å². The third kappa shape index (κ3) is 3.41. The van der Waals surface area contributed by atoms with Gasteiger partial charge in [0.15, 0.2) is 17.2 Å². The Kier molecular flexibility index (Phi) is 5.75. The summed E-state index contributed by atoms with van der Waals surface area (Å²) in [5, 5.41) is 48.9. The second kappa shape index (κ2) is 8.52. The molecule has 0 unspecified atom stereocenters. The van der Waals surface area contributed by atoms with Crippen molar-refractivity contribution in [3.8, 4) is 17.2 Å². The zero-order valence-corrected chi connectivity index (χ0v) is 21.4. The van der Waals surface area contributed by atoms with Crippen LogP contribution in [-0.2, 0) is 20.8 Å². The number of carbonyl (C=O) groups is 3. The highest BCUT2D eigenvalue weighted by atomic mass is 16.5. The number of nitrogens with zero attached hydrogens (tertiary/aromatic N) is 2. The molecule has 5 rings (SSSR count). The van der Waals surface area contributed by atoms with Crippen LogP contribution in [0.3, 0.4) is 0 Å². The number of rotatable bonds is 4. The molecule has 1 fully saturated rings. The summed E-state index contributed by atoms with van der Waals surface area (Å²) in [5.41, 5.74) is 3.20. The number of hydrogen-bond donors (Lipinski definition) is 5. The van der Waals surface area contributed by atoms with Crippen molar-refractivity contribution >= 4 is 23.2 Å². The molecule has 0 saturated heterocycles. The Labute approximate surface area is 217 Å². The lowest BCUT2D eigenvalue weighted by Crippen LogP contribution is -2.58. The van der Waals surface area contributed by atoms with Gasteiger partial charge in [-0.05, 0) is 41.9 Å². The summed E-state index contributed by atoms with van der Waals surface area (Å²) in [6.45, 7) is 7.66. The number of aliphatic hydroxyl groups is 3. The van der Waals surface area contributed by atoms with Crippen molar-refractivity contribution < 1.29 is 39.3 Å². The van der Waals surface area contributed by atoms with Gasteiger partial charge >= 0.3 is 0 Å². The molecule has 3 aliphatic carbocycles. The molecule has 2 aromatic rings. The fraction of sp³-hybridized carbons (Fsp3) is 0.444. The van der Waals surface area contributed by atoms with E-state index in [0.717, 1.165) is 5.56 Å². The molecule has 1 aromatic carbocycles. The number of primary amides is 1. The number of aliphatic hydroxyl groups excluding tert-OH is 2. The predicted molar refractivity (Wildman–Crippen MR) is 133 cm³/mol. The average molecular weight is 524 g/mol. The lowest BCUT2D eigenvalue weighted by molar-refractivity contribution is -0.147. The highest BCUT2D eigenvalue weighted by Gasteiger charge is 2.60. The molecule has 1 aromatic heterocycles. The highest BCUT2D eigenvalue weighted by Crippen LogP contribution is 2.54. The van der Waals surface area contributed by atoms with Crippen LogP contribution < -0.4 is 5.73 Å². The fourth-order valence-electron chi connectivity index (χ4n) is 5.97. The number of hydrogen-bond acceptors (Lipinski definition) is 10. The van der Waals surface area contributed by atoms with Crippen molar-refractivity contribution in [2.24, 2.45) is 17.6 Å². The summed E-state index contributed by atoms with van der Waals surface area (Å²) in [6, 6.07) is 1.73. The third-order valence-corrected chi connectivity index (χ3v) is 7.91. The van der Waals surface area contributed by atoms with Crippen LogP contribution in [0.1, 0.15) is 74.9 Å². The van der Waals surface area contributed by atoms with Gasteiger partial charge in [0.25, 0.3) is 11.8 Å². The second-order valence-electron chi connectivity index (χ2n) is 10.9. The molecule has 0 aliphatic heterocycles. The maximum atomic E-state index is 13.7. The molecule has 1 heterocycles. The normalized spacial score (nSPS) is 25.1. The fourth-order valence-corrected chi connectivity index (χ4v) is 5.97. The maximum Gasteiger partial charge on any atom is 0.261 e. The molecule has 0 radical (unpaired) electrons. The predicted octanol–water partition coefficient (Wildman–Crippen LogP) is 2.72. The third-order valence-electron chi connectivity index (χ3n) is 7.91. The van der Waals surface area contributed by atoms with Gasteiger partial charge in [-0.1, -0.05) is 32.9 Å². The van der Waals surface area contributed by atoms with Crippen molar-refractivity contribution in [3.05, 3.63) is 45.5 Å². The average Bonchev–Trinajstić information content (AvgIpc) is 3.31. The van der Waals surface area contributed by atoms with Gasteiger partial charge in [-0.25, -0.2) is 0 Å². The van der Waals surface area contributed by atoms with Crippen LogP contribution in [0.15, 0.2) is 27.5 Å². The minimum Gasteiger partial charge on any atom is -0.508 e. The van der Waals surface area contributed by atoms with Gasteiger partial charge in [0.2, 0.25) is 5.78 Å². The molecule has 200 valence electrons. The summed E-state index contributed by atoms with van der Waals surface area (Å²) in [7, 11) is 0. The quantitative estimate of drug-likeness (QED) is 0.371. The molecule has 11 nitrogen and oxygen atoms in total. The SMILES string of the molecule is CC(C)c1noc(-c2cc(C(C)C)c3c(c2O)C(O)=C2C(=O)[C@]4(O)C(O)=C(C(N)=O)C(=O)C[C@@H]4C[C@@H]2C3)n1. The molecule has 0 spiro atoms. The first-order valence-corrected chi connectivity index (χ1v) is 12.5. The second-order valence-corrected chi connectivity index (χ2v) is 10.9. The van der Waals surface area contributed by atoms with E-state index in [1.807, 2.05) is 27.7 Å². The Morgan fingerprint density at radius 3 is 2.39 bits per heavy atom. The van der Waals surface area contributed by atoms with Gasteiger partial charge in [0.1, 0.15) is 22.8 Å². The van der Waals surface area contributed by atoms with E-state index in [0.29, 0.717) is 11.4 Å². The molecule has 0 bridgehead atoms. The Hall–Kier alpha value is -3.99. The van der Waals surface area contributed by atoms with Gasteiger partial charge in [-0.2, -0.15) is 4.98 Å². The van der Waals surface area contributed by atoms with Crippen LogP contribution in [0.5, 0.6) is 5.75 Å². The molecule has 38 heavy (non-hydrogen) atoms. The maximum absolute atomic E-state index is 13.7. The van der Waals surface area contributed by atoms with E-state index in [1.165, 1.54) is 0 Å². The van der Waals surface area contributed by atoms with Crippen LogP contribution in [0.2, 0.25) is 0 Å². The smallest absolute Gasteiger partial charge is 0.261 e. The summed E-state index contributed by atoms with van der Waals surface area (Å²) in [5.74, 6) is -6.31. The van der Waals surface area contributed by atoms with E-state index >= 15 is 0 Å². The molecule has 3 atom stereocenters. The number of phenols is 1. The molecule has 1 saturated carbocycles. The number of Topliss-reactive ketones (excluding diaryl/α,β-unsaturated/α-hetero) is 2. The van der Waals surface area contributed by atoms with Crippen LogP contribution in [0.4, 0.5) is 0 Å². The lowest BCUT2D eigenvalue weighted by Gasteiger charge is -2.46. The summed E-state index contributed by atoms with van der Waals surface area (Å²) >= 11 is 0. The van der Waals surface area contributed by atoms with Crippen molar-refractivity contribution in [1.29, 1.82) is 0 Å². The first-order valence-electron chi connectivity index (χ1n) is 12.5. The van der Waals surface area contributed by atoms with E-state index in [1.54, 1.807) is 6.07 Å². The number of nitrogens with two attached hydrogens (primary N) is 1. The summed E-state index contributed by atoms with van der Waals surface area (Å²) in [6.07, 6.45) is -0.0558. The monoisotopic (exact) mass is 523 g/mol. The Bertz CT molecular complexity index is 1480. The van der Waals surface area contributed by atoms with Crippen LogP contribution in [0.25, 0.3) is 17.2 Å². The van der Waals surface area contributed by atoms with Gasteiger partial charge in [-0.3, -0.25) is 14.4 Å². The highest BCUT2D eigenvalue weighted by molar-refractivity contribution is 6.22. The topological polar surface area (TPSA) is 197 Å². The Morgan fingerprint density at radius 2 is 1.82 bits per heavy atom. The molecular weight excluding hydrogens is 494 g/mol. The Morgan fingerprint density at radius 1 is 1.13 bits per heavy atom. The lowest BCUT2D eigenvalue weighted by atomic mass is 9.59. The largest absolute Gasteiger partial charge is 0.508 e. The Balaban J connectivity index is 1.73. The van der Waals surface area contributed by atoms with Crippen LogP contribution >= 0.6 is 0 Å². The molecule has 6 N–H and O–H groups in total. The molecular formula is C27H29N3O8. The van der Waals surface area contributed by atoms with Gasteiger partial charge in [0, 0.05) is 23.8 Å². The number of benzene rings is 1. The molecule has 1 amide bonds. The zero-order chi connectivity index (χ0) is 27.8. The standard InChI is InChI=1S/C27H29N3O8/c1-9(2)13-8-15(26-29-25(10(3)4)30-38-26)20(32)18-14(13)6-11-5-12-7-16(31)19(24(28)36)23(35)27(12,37)22(34)17(11)21(18)33/h8-12,32-33,35,37H,5-7H2,1-4H3,(H2,28,36)/t11-,12+,27+/m1/s1. The van der Waals surface area contributed by atoms with E-state index < -0.39 is 52.0 Å². The minimum absolute atomic E-state index is 0.00243. The molecule has 3 aliphatic rings. The summed E-state index contributed by atoms with van der Waals surface area (Å²) in [4.78, 5) is 42.4. The van der Waals surface area contributed by atoms with Crippen molar-refractivity contribution in [1.82, 2.24) is 10.1 Å². The first kappa shape index (κ1) is 25.7. The number of aromatic nitrogens is 2. The van der Waals surface area contributed by atoms with Gasteiger partial charge in [-0.15, -0.1) is 0 Å². The number of phenolic OH excluding ortho intramolecular Hbond substituents is 1.